The van der Waals surface area contributed by atoms with Crippen LogP contribution in [0.25, 0.3) is 0 Å². The van der Waals surface area contributed by atoms with Crippen LogP contribution in [0.4, 0.5) is 0 Å². The largest absolute Gasteiger partial charge is 0.459 e. The average molecular weight is 224 g/mol. The van der Waals surface area contributed by atoms with Gasteiger partial charge in [0.15, 0.2) is 0 Å². The second kappa shape index (κ2) is 4.60. The van der Waals surface area contributed by atoms with Gasteiger partial charge in [0.2, 0.25) is 0 Å². The smallest absolute Gasteiger partial charge is 0.303 e. The number of carbonyl (C=O) groups is 1. The normalized spacial score (nSPS) is 33.2. The molecule has 0 spiro atoms. The molecule has 92 valence electrons. The molecular weight excluding hydrogens is 200 g/mol. The van der Waals surface area contributed by atoms with Crippen molar-refractivity contribution in [3.63, 3.8) is 0 Å². The zero-order chi connectivity index (χ0) is 12.4. The number of allylic oxidation sites excluding steroid dienone is 2. The second-order valence-electron chi connectivity index (χ2n) is 5.59. The van der Waals surface area contributed by atoms with E-state index in [1.165, 1.54) is 6.92 Å². The molecule has 0 aromatic carbocycles. The Bertz CT molecular complexity index is 291. The molecule has 1 fully saturated rings. The number of hydrogen-bond donors (Lipinski definition) is 0. The van der Waals surface area contributed by atoms with Crippen LogP contribution in [-0.2, 0) is 9.53 Å². The lowest BCUT2D eigenvalue weighted by atomic mass is 9.72. The molecule has 1 saturated carbocycles. The predicted octanol–water partition coefficient (Wildman–Crippen LogP) is 3.71. The molecular formula is C14H24O2. The molecule has 0 amide bonds. The molecule has 0 heterocycles. The third-order valence-corrected chi connectivity index (χ3v) is 4.38. The summed E-state index contributed by atoms with van der Waals surface area (Å²) in [7, 11) is 0. The van der Waals surface area contributed by atoms with Gasteiger partial charge in [-0.15, -0.1) is 0 Å². The average Bonchev–Trinajstić information content (AvgIpc) is 2.35. The molecule has 0 aliphatic heterocycles. The van der Waals surface area contributed by atoms with Gasteiger partial charge in [-0.05, 0) is 39.0 Å². The quantitative estimate of drug-likeness (QED) is 0.539. The number of ether oxygens (including phenoxy) is 1. The van der Waals surface area contributed by atoms with E-state index in [9.17, 15) is 4.79 Å². The highest BCUT2D eigenvalue weighted by atomic mass is 16.6. The summed E-state index contributed by atoms with van der Waals surface area (Å²) in [5.74, 6) is 0.440. The maximum absolute atomic E-state index is 11.2. The predicted molar refractivity (Wildman–Crippen MR) is 66.1 cm³/mol. The summed E-state index contributed by atoms with van der Waals surface area (Å²) in [6, 6.07) is 0. The second-order valence-corrected chi connectivity index (χ2v) is 5.59. The molecule has 0 aromatic rings. The van der Waals surface area contributed by atoms with Crippen molar-refractivity contribution in [1.29, 1.82) is 0 Å². The highest BCUT2D eigenvalue weighted by Crippen LogP contribution is 2.53. The molecule has 2 atom stereocenters. The van der Waals surface area contributed by atoms with Gasteiger partial charge in [0.25, 0.3) is 0 Å². The maximum atomic E-state index is 11.2. The first-order valence-electron chi connectivity index (χ1n) is 6.14. The Hall–Kier alpha value is -0.790. The molecule has 0 radical (unpaired) electrons. The Kier molecular flexibility index (Phi) is 3.82. The van der Waals surface area contributed by atoms with E-state index in [4.69, 9.17) is 4.74 Å². The number of hydrogen-bond acceptors (Lipinski definition) is 2. The molecule has 16 heavy (non-hydrogen) atoms. The van der Waals surface area contributed by atoms with Gasteiger partial charge in [-0.1, -0.05) is 26.0 Å². The summed E-state index contributed by atoms with van der Waals surface area (Å²) in [5.41, 5.74) is -0.247. The van der Waals surface area contributed by atoms with E-state index in [1.807, 2.05) is 6.92 Å². The van der Waals surface area contributed by atoms with Crippen molar-refractivity contribution < 1.29 is 9.53 Å². The van der Waals surface area contributed by atoms with Crippen LogP contribution in [0, 0.1) is 11.3 Å². The number of carbonyl (C=O) groups excluding carboxylic acids is 1. The van der Waals surface area contributed by atoms with E-state index >= 15 is 0 Å². The van der Waals surface area contributed by atoms with Crippen LogP contribution in [0.15, 0.2) is 12.2 Å². The van der Waals surface area contributed by atoms with Gasteiger partial charge in [-0.2, -0.15) is 0 Å². The standard InChI is InChI=1S/C14H24O2/c1-6-7-8-12-9-10-14(5,13(12,3)4)16-11(2)15/h6-7,12H,8-10H2,1-5H3/t12-,14-/m1/s1. The van der Waals surface area contributed by atoms with Crippen LogP contribution in [0.3, 0.4) is 0 Å². The van der Waals surface area contributed by atoms with E-state index in [1.54, 1.807) is 0 Å². The maximum Gasteiger partial charge on any atom is 0.303 e. The molecule has 0 bridgehead atoms. The fourth-order valence-electron chi connectivity index (χ4n) is 2.78. The van der Waals surface area contributed by atoms with Gasteiger partial charge < -0.3 is 4.74 Å². The Labute approximate surface area is 99.1 Å². The monoisotopic (exact) mass is 224 g/mol. The Morgan fingerprint density at radius 1 is 1.44 bits per heavy atom. The van der Waals surface area contributed by atoms with Gasteiger partial charge in [-0.3, -0.25) is 4.79 Å². The minimum atomic E-state index is -0.301. The van der Waals surface area contributed by atoms with E-state index in [-0.39, 0.29) is 17.0 Å². The molecule has 2 heteroatoms. The minimum Gasteiger partial charge on any atom is -0.459 e. The summed E-state index contributed by atoms with van der Waals surface area (Å²) in [6.45, 7) is 10.1. The van der Waals surface area contributed by atoms with Gasteiger partial charge in [0, 0.05) is 12.3 Å². The van der Waals surface area contributed by atoms with Gasteiger partial charge in [0.1, 0.15) is 5.60 Å². The van der Waals surface area contributed by atoms with Crippen molar-refractivity contribution in [2.24, 2.45) is 11.3 Å². The Morgan fingerprint density at radius 3 is 2.56 bits per heavy atom. The van der Waals surface area contributed by atoms with Crippen molar-refractivity contribution in [1.82, 2.24) is 0 Å². The zero-order valence-electron chi connectivity index (χ0n) is 11.2. The Balaban J connectivity index is 2.81. The molecule has 0 unspecified atom stereocenters. The summed E-state index contributed by atoms with van der Waals surface area (Å²) in [4.78, 5) is 11.2. The molecule has 0 saturated heterocycles. The number of rotatable bonds is 3. The lowest BCUT2D eigenvalue weighted by molar-refractivity contribution is -0.166. The summed E-state index contributed by atoms with van der Waals surface area (Å²) >= 11 is 0. The SMILES string of the molecule is CC=CC[C@@H]1CC[C@@](C)(OC(C)=O)C1(C)C. The van der Waals surface area contributed by atoms with E-state index in [0.717, 1.165) is 19.3 Å². The van der Waals surface area contributed by atoms with E-state index < -0.39 is 0 Å². The van der Waals surface area contributed by atoms with Gasteiger partial charge >= 0.3 is 5.97 Å². The molecule has 0 N–H and O–H groups in total. The highest BCUT2D eigenvalue weighted by molar-refractivity contribution is 5.66. The van der Waals surface area contributed by atoms with Crippen molar-refractivity contribution >= 4 is 5.97 Å². The van der Waals surface area contributed by atoms with Crippen molar-refractivity contribution in [2.45, 2.75) is 59.5 Å². The van der Waals surface area contributed by atoms with Crippen LogP contribution < -0.4 is 0 Å². The van der Waals surface area contributed by atoms with Gasteiger partial charge in [0.05, 0.1) is 0 Å². The first-order valence-corrected chi connectivity index (χ1v) is 6.14. The third-order valence-electron chi connectivity index (χ3n) is 4.38. The van der Waals surface area contributed by atoms with Crippen molar-refractivity contribution in [2.75, 3.05) is 0 Å². The van der Waals surface area contributed by atoms with Crippen molar-refractivity contribution in [3.8, 4) is 0 Å². The molecule has 1 aliphatic carbocycles. The Morgan fingerprint density at radius 2 is 2.06 bits per heavy atom. The van der Waals surface area contributed by atoms with Crippen LogP contribution in [0.1, 0.15) is 53.9 Å². The first-order chi connectivity index (χ1) is 7.33. The van der Waals surface area contributed by atoms with Crippen LogP contribution >= 0.6 is 0 Å². The topological polar surface area (TPSA) is 26.3 Å². The minimum absolute atomic E-state index is 0.0537. The summed E-state index contributed by atoms with van der Waals surface area (Å²) in [6.07, 6.45) is 7.51. The fourth-order valence-corrected chi connectivity index (χ4v) is 2.78. The molecule has 2 nitrogen and oxygen atoms in total. The zero-order valence-corrected chi connectivity index (χ0v) is 11.2. The van der Waals surface area contributed by atoms with Crippen LogP contribution in [-0.4, -0.2) is 11.6 Å². The lowest BCUT2D eigenvalue weighted by Gasteiger charge is -2.40. The lowest BCUT2D eigenvalue weighted by Crippen LogP contribution is -2.43. The van der Waals surface area contributed by atoms with Crippen LogP contribution in [0.5, 0.6) is 0 Å². The molecule has 1 rings (SSSR count). The van der Waals surface area contributed by atoms with E-state index in [0.29, 0.717) is 5.92 Å². The number of esters is 1. The van der Waals surface area contributed by atoms with Crippen molar-refractivity contribution in [3.05, 3.63) is 12.2 Å². The summed E-state index contributed by atoms with van der Waals surface area (Å²) in [5, 5.41) is 0. The summed E-state index contributed by atoms with van der Waals surface area (Å²) < 4.78 is 5.56. The first kappa shape index (κ1) is 13.3. The van der Waals surface area contributed by atoms with E-state index in [2.05, 4.69) is 32.9 Å². The third kappa shape index (κ3) is 2.31. The van der Waals surface area contributed by atoms with Crippen LogP contribution in [0.2, 0.25) is 0 Å². The molecule has 1 aliphatic rings. The highest BCUT2D eigenvalue weighted by Gasteiger charge is 2.53. The van der Waals surface area contributed by atoms with Gasteiger partial charge in [-0.25, -0.2) is 0 Å². The molecule has 0 aromatic heterocycles. The fraction of sp³-hybridized carbons (Fsp3) is 0.786.